The third kappa shape index (κ3) is 2.28. The molecule has 20 heavy (non-hydrogen) atoms. The normalized spacial score (nSPS) is 11.8. The summed E-state index contributed by atoms with van der Waals surface area (Å²) in [6, 6.07) is 7.81. The number of aromatic nitrogens is 2. The highest BCUT2D eigenvalue weighted by atomic mass is 16.5. The number of ether oxygens (including phenoxy) is 1. The largest absolute Gasteiger partial charge is 0.493 e. The third-order valence-corrected chi connectivity index (χ3v) is 3.07. The van der Waals surface area contributed by atoms with Crippen LogP contribution in [0.5, 0.6) is 5.75 Å². The molecule has 0 fully saturated rings. The third-order valence-electron chi connectivity index (χ3n) is 3.07. The van der Waals surface area contributed by atoms with Gasteiger partial charge in [0.25, 0.3) is 0 Å². The van der Waals surface area contributed by atoms with E-state index in [1.807, 2.05) is 37.3 Å². The highest BCUT2D eigenvalue weighted by Gasteiger charge is 2.07. The van der Waals surface area contributed by atoms with Gasteiger partial charge in [-0.25, -0.2) is 0 Å². The van der Waals surface area contributed by atoms with Gasteiger partial charge in [-0.3, -0.25) is 9.97 Å². The Kier molecular flexibility index (Phi) is 3.21. The summed E-state index contributed by atoms with van der Waals surface area (Å²) in [6.07, 6.45) is 7.01. The predicted octanol–water partition coefficient (Wildman–Crippen LogP) is 3.79. The van der Waals surface area contributed by atoms with E-state index in [2.05, 4.69) is 9.97 Å². The second kappa shape index (κ2) is 5.17. The lowest BCUT2D eigenvalue weighted by molar-refractivity contribution is 0.410. The molecule has 1 aromatic carbocycles. The van der Waals surface area contributed by atoms with Crippen LogP contribution in [0.25, 0.3) is 22.6 Å². The standard InChI is InChI=1S/C16H14N2O2/c1-11(14-10-17-6-7-18-14)8-13-9-12-4-3-5-15(19-2)16(12)20-13/h3-10H,1-2H3. The second-order valence-corrected chi connectivity index (χ2v) is 4.45. The number of rotatable bonds is 3. The minimum absolute atomic E-state index is 0.735. The molecule has 0 amide bonds. The summed E-state index contributed by atoms with van der Waals surface area (Å²) in [5.41, 5.74) is 2.59. The van der Waals surface area contributed by atoms with Gasteiger partial charge in [0.1, 0.15) is 5.76 Å². The molecular weight excluding hydrogens is 252 g/mol. The molecule has 0 saturated carbocycles. The van der Waals surface area contributed by atoms with Crippen molar-refractivity contribution in [2.75, 3.05) is 7.11 Å². The fourth-order valence-electron chi connectivity index (χ4n) is 2.08. The number of benzene rings is 1. The van der Waals surface area contributed by atoms with Gasteiger partial charge >= 0.3 is 0 Å². The summed E-state index contributed by atoms with van der Waals surface area (Å²) in [7, 11) is 1.64. The maximum Gasteiger partial charge on any atom is 0.176 e. The van der Waals surface area contributed by atoms with Gasteiger partial charge in [-0.15, -0.1) is 0 Å². The monoisotopic (exact) mass is 266 g/mol. The Balaban J connectivity index is 2.03. The molecule has 2 aromatic heterocycles. The van der Waals surface area contributed by atoms with Gasteiger partial charge in [-0.1, -0.05) is 12.1 Å². The van der Waals surface area contributed by atoms with Crippen LogP contribution < -0.4 is 4.74 Å². The smallest absolute Gasteiger partial charge is 0.176 e. The quantitative estimate of drug-likeness (QED) is 0.723. The second-order valence-electron chi connectivity index (χ2n) is 4.45. The molecule has 0 atom stereocenters. The maximum absolute atomic E-state index is 5.83. The van der Waals surface area contributed by atoms with Crippen LogP contribution in [0, 0.1) is 0 Å². The van der Waals surface area contributed by atoms with Crippen molar-refractivity contribution in [3.8, 4) is 5.75 Å². The fraction of sp³-hybridized carbons (Fsp3) is 0.125. The molecule has 4 heteroatoms. The lowest BCUT2D eigenvalue weighted by Crippen LogP contribution is -1.85. The van der Waals surface area contributed by atoms with Crippen LogP contribution in [0.3, 0.4) is 0 Å². The minimum atomic E-state index is 0.735. The van der Waals surface area contributed by atoms with E-state index in [0.717, 1.165) is 33.7 Å². The number of hydrogen-bond acceptors (Lipinski definition) is 4. The van der Waals surface area contributed by atoms with Gasteiger partial charge < -0.3 is 9.15 Å². The number of fused-ring (bicyclic) bond motifs is 1. The zero-order valence-electron chi connectivity index (χ0n) is 11.3. The molecule has 0 bridgehead atoms. The van der Waals surface area contributed by atoms with Crippen molar-refractivity contribution >= 4 is 22.6 Å². The number of hydrogen-bond donors (Lipinski definition) is 0. The van der Waals surface area contributed by atoms with Crippen LogP contribution in [0.15, 0.2) is 47.3 Å². The molecule has 0 aliphatic carbocycles. The Bertz CT molecular complexity index is 761. The van der Waals surface area contributed by atoms with Crippen molar-refractivity contribution in [3.63, 3.8) is 0 Å². The molecule has 0 spiro atoms. The number of nitrogens with zero attached hydrogens (tertiary/aromatic N) is 2. The Labute approximate surface area is 116 Å². The summed E-state index contributed by atoms with van der Waals surface area (Å²) >= 11 is 0. The van der Waals surface area contributed by atoms with Gasteiger partial charge in [-0.2, -0.15) is 0 Å². The Hall–Kier alpha value is -2.62. The summed E-state index contributed by atoms with van der Waals surface area (Å²) < 4.78 is 11.1. The van der Waals surface area contributed by atoms with Crippen molar-refractivity contribution in [2.24, 2.45) is 0 Å². The minimum Gasteiger partial charge on any atom is -0.493 e. The zero-order valence-corrected chi connectivity index (χ0v) is 11.3. The SMILES string of the molecule is COc1cccc2cc(C=C(C)c3cnccn3)oc12. The Morgan fingerprint density at radius 2 is 2.20 bits per heavy atom. The van der Waals surface area contributed by atoms with Crippen LogP contribution in [-0.4, -0.2) is 17.1 Å². The van der Waals surface area contributed by atoms with E-state index in [0.29, 0.717) is 0 Å². The maximum atomic E-state index is 5.83. The highest BCUT2D eigenvalue weighted by Crippen LogP contribution is 2.29. The molecule has 0 aliphatic heterocycles. The van der Waals surface area contributed by atoms with Gasteiger partial charge in [0.15, 0.2) is 11.3 Å². The van der Waals surface area contributed by atoms with Crippen LogP contribution in [0.2, 0.25) is 0 Å². The Morgan fingerprint density at radius 3 is 2.95 bits per heavy atom. The fourth-order valence-corrected chi connectivity index (χ4v) is 2.08. The van der Waals surface area contributed by atoms with Crippen molar-refractivity contribution in [3.05, 3.63) is 54.3 Å². The molecule has 3 rings (SSSR count). The summed E-state index contributed by atoms with van der Waals surface area (Å²) in [6.45, 7) is 1.98. The number of para-hydroxylation sites is 1. The molecule has 0 saturated heterocycles. The van der Waals surface area contributed by atoms with Crippen molar-refractivity contribution in [1.29, 1.82) is 0 Å². The number of furan rings is 1. The number of allylic oxidation sites excluding steroid dienone is 1. The number of methoxy groups -OCH3 is 1. The lowest BCUT2D eigenvalue weighted by Gasteiger charge is -1.99. The molecule has 0 aliphatic rings. The highest BCUT2D eigenvalue weighted by molar-refractivity contribution is 5.87. The predicted molar refractivity (Wildman–Crippen MR) is 78.3 cm³/mol. The van der Waals surface area contributed by atoms with E-state index < -0.39 is 0 Å². The molecule has 0 N–H and O–H groups in total. The van der Waals surface area contributed by atoms with Crippen LogP contribution in [0.4, 0.5) is 0 Å². The average molecular weight is 266 g/mol. The molecule has 2 heterocycles. The molecule has 100 valence electrons. The van der Waals surface area contributed by atoms with Crippen LogP contribution >= 0.6 is 0 Å². The van der Waals surface area contributed by atoms with Crippen LogP contribution in [-0.2, 0) is 0 Å². The van der Waals surface area contributed by atoms with E-state index >= 15 is 0 Å². The first-order valence-corrected chi connectivity index (χ1v) is 6.29. The molecule has 0 unspecified atom stereocenters. The van der Waals surface area contributed by atoms with Gasteiger partial charge in [-0.05, 0) is 30.7 Å². The van der Waals surface area contributed by atoms with E-state index in [-0.39, 0.29) is 0 Å². The first-order valence-electron chi connectivity index (χ1n) is 6.29. The van der Waals surface area contributed by atoms with Gasteiger partial charge in [0.2, 0.25) is 0 Å². The van der Waals surface area contributed by atoms with Gasteiger partial charge in [0, 0.05) is 17.8 Å². The molecular formula is C16H14N2O2. The average Bonchev–Trinajstić information content (AvgIpc) is 2.90. The van der Waals surface area contributed by atoms with Crippen molar-refractivity contribution in [1.82, 2.24) is 9.97 Å². The van der Waals surface area contributed by atoms with Crippen LogP contribution in [0.1, 0.15) is 18.4 Å². The molecule has 3 aromatic rings. The topological polar surface area (TPSA) is 48.2 Å². The first-order chi connectivity index (χ1) is 9.78. The summed E-state index contributed by atoms with van der Waals surface area (Å²) in [5, 5.41) is 1.02. The summed E-state index contributed by atoms with van der Waals surface area (Å²) in [5.74, 6) is 1.51. The van der Waals surface area contributed by atoms with E-state index in [1.54, 1.807) is 25.7 Å². The zero-order chi connectivity index (χ0) is 13.9. The van der Waals surface area contributed by atoms with Crippen molar-refractivity contribution < 1.29 is 9.15 Å². The lowest BCUT2D eigenvalue weighted by atomic mass is 10.2. The summed E-state index contributed by atoms with van der Waals surface area (Å²) in [4.78, 5) is 8.33. The van der Waals surface area contributed by atoms with E-state index in [4.69, 9.17) is 9.15 Å². The van der Waals surface area contributed by atoms with E-state index in [1.165, 1.54) is 0 Å². The molecule has 0 radical (unpaired) electrons. The molecule has 4 nitrogen and oxygen atoms in total. The van der Waals surface area contributed by atoms with E-state index in [9.17, 15) is 0 Å². The van der Waals surface area contributed by atoms with Gasteiger partial charge in [0.05, 0.1) is 19.0 Å². The first kappa shape index (κ1) is 12.4. The van der Waals surface area contributed by atoms with Crippen molar-refractivity contribution in [2.45, 2.75) is 6.92 Å². The Morgan fingerprint density at radius 1 is 1.30 bits per heavy atom.